The molecule has 19 heavy (non-hydrogen) atoms. The van der Waals surface area contributed by atoms with E-state index in [0.29, 0.717) is 23.2 Å². The summed E-state index contributed by atoms with van der Waals surface area (Å²) < 4.78 is 28.3. The highest BCUT2D eigenvalue weighted by Crippen LogP contribution is 2.34. The molecule has 7 heteroatoms. The quantitative estimate of drug-likeness (QED) is 0.859. The van der Waals surface area contributed by atoms with Gasteiger partial charge in [-0.2, -0.15) is 0 Å². The summed E-state index contributed by atoms with van der Waals surface area (Å²) in [5.74, 6) is 0.595. The van der Waals surface area contributed by atoms with Crippen LogP contribution in [0.3, 0.4) is 0 Å². The van der Waals surface area contributed by atoms with Gasteiger partial charge in [-0.15, -0.1) is 11.3 Å². The Bertz CT molecular complexity index is 533. The zero-order valence-electron chi connectivity index (χ0n) is 10.7. The average molecular weight is 368 g/mol. The van der Waals surface area contributed by atoms with Gasteiger partial charge in [0.25, 0.3) is 10.0 Å². The van der Waals surface area contributed by atoms with Crippen molar-refractivity contribution in [3.8, 4) is 0 Å². The Kier molecular flexibility index (Phi) is 4.72. The van der Waals surface area contributed by atoms with Crippen molar-refractivity contribution in [2.45, 2.75) is 42.4 Å². The van der Waals surface area contributed by atoms with E-state index in [1.165, 1.54) is 11.3 Å². The van der Waals surface area contributed by atoms with Crippen LogP contribution in [0.1, 0.15) is 32.6 Å². The average Bonchev–Trinajstić information content (AvgIpc) is 2.79. The van der Waals surface area contributed by atoms with Crippen LogP contribution in [0.25, 0.3) is 0 Å². The Hall–Kier alpha value is 0.0500. The van der Waals surface area contributed by atoms with E-state index in [1.54, 1.807) is 11.4 Å². The lowest BCUT2D eigenvalue weighted by atomic mass is 9.78. The van der Waals surface area contributed by atoms with Crippen molar-refractivity contribution in [3.63, 3.8) is 0 Å². The highest BCUT2D eigenvalue weighted by atomic mass is 79.9. The highest BCUT2D eigenvalue weighted by molar-refractivity contribution is 9.10. The molecular formula is C12H18BrNO3S2. The summed E-state index contributed by atoms with van der Waals surface area (Å²) in [6, 6.07) is 1.72. The first kappa shape index (κ1) is 15.4. The fraction of sp³-hybridized carbons (Fsp3) is 0.667. The summed E-state index contributed by atoms with van der Waals surface area (Å²) in [7, 11) is -3.57. The summed E-state index contributed by atoms with van der Waals surface area (Å²) in [5.41, 5.74) is -0.700. The SMILES string of the molecule is CC1CCC(CO)(NS(=O)(=O)c2sccc2Br)CC1. The van der Waals surface area contributed by atoms with Gasteiger partial charge >= 0.3 is 0 Å². The van der Waals surface area contributed by atoms with Gasteiger partial charge < -0.3 is 5.11 Å². The van der Waals surface area contributed by atoms with Gasteiger partial charge in [-0.05, 0) is 59.0 Å². The molecule has 0 amide bonds. The minimum atomic E-state index is -3.57. The van der Waals surface area contributed by atoms with Gasteiger partial charge in [0, 0.05) is 4.47 Å². The molecule has 0 spiro atoms. The van der Waals surface area contributed by atoms with Gasteiger partial charge in [-0.3, -0.25) is 0 Å². The number of aliphatic hydroxyl groups is 1. The zero-order valence-corrected chi connectivity index (χ0v) is 13.9. The fourth-order valence-electron chi connectivity index (χ4n) is 2.41. The van der Waals surface area contributed by atoms with Crippen LogP contribution in [-0.2, 0) is 10.0 Å². The number of sulfonamides is 1. The van der Waals surface area contributed by atoms with E-state index < -0.39 is 15.6 Å². The molecule has 0 bridgehead atoms. The Labute approximate surface area is 126 Å². The van der Waals surface area contributed by atoms with Crippen LogP contribution in [0.2, 0.25) is 0 Å². The third-order valence-corrected chi connectivity index (χ3v) is 7.96. The van der Waals surface area contributed by atoms with Crippen molar-refractivity contribution in [1.82, 2.24) is 4.72 Å². The van der Waals surface area contributed by atoms with Crippen LogP contribution in [0.4, 0.5) is 0 Å². The van der Waals surface area contributed by atoms with Crippen LogP contribution in [0.15, 0.2) is 20.1 Å². The second-order valence-corrected chi connectivity index (χ2v) is 8.93. The maximum absolute atomic E-state index is 12.4. The molecule has 1 aliphatic carbocycles. The monoisotopic (exact) mass is 367 g/mol. The summed E-state index contributed by atoms with van der Waals surface area (Å²) in [5, 5.41) is 11.4. The summed E-state index contributed by atoms with van der Waals surface area (Å²) in [6.45, 7) is 2.01. The van der Waals surface area contributed by atoms with E-state index in [9.17, 15) is 13.5 Å². The Morgan fingerprint density at radius 2 is 2.16 bits per heavy atom. The molecule has 4 nitrogen and oxygen atoms in total. The molecule has 0 aliphatic heterocycles. The normalized spacial score (nSPS) is 28.5. The van der Waals surface area contributed by atoms with Crippen molar-refractivity contribution in [3.05, 3.63) is 15.9 Å². The minimum Gasteiger partial charge on any atom is -0.394 e. The molecular weight excluding hydrogens is 350 g/mol. The molecule has 0 atom stereocenters. The molecule has 2 N–H and O–H groups in total. The smallest absolute Gasteiger partial charge is 0.251 e. The van der Waals surface area contributed by atoms with Crippen LogP contribution < -0.4 is 4.72 Å². The molecule has 1 saturated carbocycles. The number of aliphatic hydroxyl groups excluding tert-OH is 1. The van der Waals surface area contributed by atoms with E-state index in [1.807, 2.05) is 0 Å². The summed E-state index contributed by atoms with van der Waals surface area (Å²) in [6.07, 6.45) is 3.25. The molecule has 0 aromatic carbocycles. The van der Waals surface area contributed by atoms with E-state index in [2.05, 4.69) is 27.6 Å². The fourth-order valence-corrected chi connectivity index (χ4v) is 6.20. The second-order valence-electron chi connectivity index (χ2n) is 5.28. The predicted octanol–water partition coefficient (Wildman–Crippen LogP) is 2.73. The third kappa shape index (κ3) is 3.39. The Morgan fingerprint density at radius 1 is 1.53 bits per heavy atom. The first-order chi connectivity index (χ1) is 8.88. The first-order valence-electron chi connectivity index (χ1n) is 6.26. The van der Waals surface area contributed by atoms with Crippen LogP contribution in [0.5, 0.6) is 0 Å². The van der Waals surface area contributed by atoms with Gasteiger partial charge in [0.1, 0.15) is 4.21 Å². The van der Waals surface area contributed by atoms with Crippen LogP contribution in [-0.4, -0.2) is 25.7 Å². The third-order valence-electron chi connectivity index (χ3n) is 3.71. The first-order valence-corrected chi connectivity index (χ1v) is 9.42. The van der Waals surface area contributed by atoms with Crippen molar-refractivity contribution in [2.24, 2.45) is 5.92 Å². The van der Waals surface area contributed by atoms with Crippen molar-refractivity contribution in [2.75, 3.05) is 6.61 Å². The van der Waals surface area contributed by atoms with Crippen LogP contribution in [0, 0.1) is 5.92 Å². The molecule has 2 rings (SSSR count). The maximum Gasteiger partial charge on any atom is 0.251 e. The molecule has 1 heterocycles. The molecule has 1 aliphatic rings. The van der Waals surface area contributed by atoms with E-state index in [4.69, 9.17) is 0 Å². The van der Waals surface area contributed by atoms with Crippen molar-refractivity contribution in [1.29, 1.82) is 0 Å². The number of hydrogen-bond donors (Lipinski definition) is 2. The number of nitrogens with one attached hydrogen (secondary N) is 1. The number of halogens is 1. The van der Waals surface area contributed by atoms with Gasteiger partial charge in [-0.25, -0.2) is 13.1 Å². The largest absolute Gasteiger partial charge is 0.394 e. The van der Waals surface area contributed by atoms with E-state index >= 15 is 0 Å². The summed E-state index contributed by atoms with van der Waals surface area (Å²) >= 11 is 4.42. The van der Waals surface area contributed by atoms with Crippen molar-refractivity contribution >= 4 is 37.3 Å². The maximum atomic E-state index is 12.4. The van der Waals surface area contributed by atoms with Gasteiger partial charge in [0.05, 0.1) is 12.1 Å². The van der Waals surface area contributed by atoms with Crippen LogP contribution >= 0.6 is 27.3 Å². The standard InChI is InChI=1S/C12H18BrNO3S2/c1-9-2-5-12(8-15,6-3-9)14-19(16,17)11-10(13)4-7-18-11/h4,7,9,14-15H,2-3,5-6,8H2,1H3. The number of hydrogen-bond acceptors (Lipinski definition) is 4. The zero-order chi connectivity index (χ0) is 14.1. The minimum absolute atomic E-state index is 0.151. The molecule has 1 fully saturated rings. The molecule has 0 radical (unpaired) electrons. The lowest BCUT2D eigenvalue weighted by Gasteiger charge is -2.38. The molecule has 1 aromatic heterocycles. The number of rotatable bonds is 4. The molecule has 108 valence electrons. The molecule has 0 saturated heterocycles. The lowest BCUT2D eigenvalue weighted by molar-refractivity contribution is 0.125. The van der Waals surface area contributed by atoms with Gasteiger partial charge in [-0.1, -0.05) is 6.92 Å². The highest BCUT2D eigenvalue weighted by Gasteiger charge is 2.38. The van der Waals surface area contributed by atoms with E-state index in [-0.39, 0.29) is 10.8 Å². The second kappa shape index (κ2) is 5.81. The predicted molar refractivity (Wildman–Crippen MR) is 79.8 cm³/mol. The summed E-state index contributed by atoms with van der Waals surface area (Å²) in [4.78, 5) is 0. The molecule has 1 aromatic rings. The van der Waals surface area contributed by atoms with Gasteiger partial charge in [0.15, 0.2) is 0 Å². The number of thiophene rings is 1. The Morgan fingerprint density at radius 3 is 2.63 bits per heavy atom. The topological polar surface area (TPSA) is 66.4 Å². The van der Waals surface area contributed by atoms with Gasteiger partial charge in [0.2, 0.25) is 0 Å². The molecule has 0 unspecified atom stereocenters. The lowest BCUT2D eigenvalue weighted by Crippen LogP contribution is -2.53. The Balaban J connectivity index is 2.21. The van der Waals surface area contributed by atoms with Crippen molar-refractivity contribution < 1.29 is 13.5 Å². The van der Waals surface area contributed by atoms with E-state index in [0.717, 1.165) is 12.8 Å².